The largest absolute Gasteiger partial charge is 0.378 e. The standard InChI is InChI=1S/C24H19Cl2FN2O2S/c25-18-7-4-8-19(26)23(18)24-16-6-3-5-15(16)17-13-14(11-12-21(17)28-24)32(30,31)29-22-10-2-1-9-20(22)27/h1-5,7-13,15-16,24,28-29H,6H2/t15-,16+,24-/m0/s1. The Bertz CT molecular complexity index is 1320. The van der Waals surface area contributed by atoms with Gasteiger partial charge in [0.1, 0.15) is 5.82 Å². The molecule has 5 rings (SSSR count). The van der Waals surface area contributed by atoms with Crippen LogP contribution < -0.4 is 10.0 Å². The molecule has 0 saturated carbocycles. The second-order valence-corrected chi connectivity index (χ2v) is 10.4. The fourth-order valence-electron chi connectivity index (χ4n) is 4.58. The van der Waals surface area contributed by atoms with Crippen LogP contribution in [0.2, 0.25) is 10.0 Å². The second kappa shape index (κ2) is 8.10. The summed E-state index contributed by atoms with van der Waals surface area (Å²) in [6.45, 7) is 0. The molecule has 0 bridgehead atoms. The number of para-hydroxylation sites is 1. The van der Waals surface area contributed by atoms with Gasteiger partial charge in [0, 0.05) is 27.2 Å². The van der Waals surface area contributed by atoms with Gasteiger partial charge in [-0.15, -0.1) is 0 Å². The van der Waals surface area contributed by atoms with Gasteiger partial charge in [0.15, 0.2) is 0 Å². The molecule has 0 aromatic heterocycles. The molecule has 0 amide bonds. The van der Waals surface area contributed by atoms with Crippen LogP contribution in [-0.4, -0.2) is 8.42 Å². The molecule has 1 heterocycles. The number of sulfonamides is 1. The van der Waals surface area contributed by atoms with Gasteiger partial charge in [-0.05, 0) is 60.4 Å². The summed E-state index contributed by atoms with van der Waals surface area (Å²) in [7, 11) is -3.96. The highest BCUT2D eigenvalue weighted by molar-refractivity contribution is 7.92. The Morgan fingerprint density at radius 2 is 1.75 bits per heavy atom. The molecule has 1 aliphatic carbocycles. The Morgan fingerprint density at radius 1 is 1.00 bits per heavy atom. The van der Waals surface area contributed by atoms with E-state index in [1.807, 2.05) is 18.2 Å². The molecule has 3 atom stereocenters. The molecular formula is C24H19Cl2FN2O2S. The third-order valence-corrected chi connectivity index (χ3v) is 8.10. The van der Waals surface area contributed by atoms with Crippen molar-refractivity contribution in [3.05, 3.63) is 99.8 Å². The highest BCUT2D eigenvalue weighted by atomic mass is 35.5. The minimum atomic E-state index is -3.96. The van der Waals surface area contributed by atoms with Gasteiger partial charge in [0.25, 0.3) is 10.0 Å². The first-order valence-electron chi connectivity index (χ1n) is 10.1. The average molecular weight is 489 g/mol. The van der Waals surface area contributed by atoms with Crippen molar-refractivity contribution in [2.24, 2.45) is 5.92 Å². The summed E-state index contributed by atoms with van der Waals surface area (Å²) in [6, 6.07) is 15.9. The summed E-state index contributed by atoms with van der Waals surface area (Å²) in [5.74, 6) is -0.487. The normalized spacial score (nSPS) is 21.5. The van der Waals surface area contributed by atoms with Gasteiger partial charge in [-0.1, -0.05) is 53.6 Å². The monoisotopic (exact) mass is 488 g/mol. The molecule has 2 N–H and O–H groups in total. The molecule has 8 heteroatoms. The van der Waals surface area contributed by atoms with Crippen LogP contribution in [-0.2, 0) is 10.0 Å². The van der Waals surface area contributed by atoms with Crippen LogP contribution in [0.1, 0.15) is 29.5 Å². The second-order valence-electron chi connectivity index (χ2n) is 7.95. The fraction of sp³-hybridized carbons (Fsp3) is 0.167. The molecule has 3 aromatic rings. The van der Waals surface area contributed by atoms with E-state index in [9.17, 15) is 12.8 Å². The zero-order chi connectivity index (χ0) is 22.5. The number of allylic oxidation sites excluding steroid dienone is 2. The highest BCUT2D eigenvalue weighted by Gasteiger charge is 2.40. The predicted molar refractivity (Wildman–Crippen MR) is 126 cm³/mol. The minimum Gasteiger partial charge on any atom is -0.378 e. The number of anilines is 2. The molecule has 0 fully saturated rings. The smallest absolute Gasteiger partial charge is 0.261 e. The number of halogens is 3. The van der Waals surface area contributed by atoms with Crippen LogP contribution in [0.15, 0.2) is 77.7 Å². The molecule has 3 aromatic carbocycles. The molecule has 0 radical (unpaired) electrons. The lowest BCUT2D eigenvalue weighted by Gasteiger charge is -2.38. The molecule has 4 nitrogen and oxygen atoms in total. The summed E-state index contributed by atoms with van der Waals surface area (Å²) in [5, 5.41) is 4.71. The SMILES string of the molecule is O=S(=O)(Nc1ccccc1F)c1ccc2c(c1)[C@H]1C=CC[C@H]1[C@@H](c1c(Cl)cccc1Cl)N2. The number of hydrogen-bond donors (Lipinski definition) is 2. The molecular weight excluding hydrogens is 470 g/mol. The molecule has 164 valence electrons. The highest BCUT2D eigenvalue weighted by Crippen LogP contribution is 2.52. The van der Waals surface area contributed by atoms with E-state index in [4.69, 9.17) is 23.2 Å². The Kier molecular flexibility index (Phi) is 5.40. The summed E-state index contributed by atoms with van der Waals surface area (Å²) < 4.78 is 42.2. The maximum atomic E-state index is 14.0. The number of rotatable bonds is 4. The number of nitrogens with one attached hydrogen (secondary N) is 2. The Hall–Kier alpha value is -2.54. The maximum absolute atomic E-state index is 14.0. The first-order chi connectivity index (χ1) is 15.3. The third kappa shape index (κ3) is 3.66. The molecule has 0 unspecified atom stereocenters. The van der Waals surface area contributed by atoms with Gasteiger partial charge >= 0.3 is 0 Å². The van der Waals surface area contributed by atoms with Crippen LogP contribution in [0, 0.1) is 11.7 Å². The number of benzene rings is 3. The lowest BCUT2D eigenvalue weighted by molar-refractivity contribution is 0.425. The first-order valence-corrected chi connectivity index (χ1v) is 12.4. The minimum absolute atomic E-state index is 0.00667. The van der Waals surface area contributed by atoms with Crippen molar-refractivity contribution in [3.63, 3.8) is 0 Å². The van der Waals surface area contributed by atoms with Crippen molar-refractivity contribution in [1.82, 2.24) is 0 Å². The van der Waals surface area contributed by atoms with Gasteiger partial charge < -0.3 is 5.32 Å². The Morgan fingerprint density at radius 3 is 2.50 bits per heavy atom. The van der Waals surface area contributed by atoms with E-state index in [1.165, 1.54) is 24.3 Å². The number of hydrogen-bond acceptors (Lipinski definition) is 3. The summed E-state index contributed by atoms with van der Waals surface area (Å²) >= 11 is 13.0. The average Bonchev–Trinajstić information content (AvgIpc) is 3.25. The van der Waals surface area contributed by atoms with Crippen molar-refractivity contribution >= 4 is 44.6 Å². The van der Waals surface area contributed by atoms with Crippen LogP contribution in [0.5, 0.6) is 0 Å². The van der Waals surface area contributed by atoms with Gasteiger partial charge in [0.2, 0.25) is 0 Å². The van der Waals surface area contributed by atoms with Crippen LogP contribution >= 0.6 is 23.2 Å². The van der Waals surface area contributed by atoms with Gasteiger partial charge in [-0.2, -0.15) is 0 Å². The van der Waals surface area contributed by atoms with E-state index in [-0.39, 0.29) is 28.5 Å². The Labute approximate surface area is 196 Å². The van der Waals surface area contributed by atoms with Crippen LogP contribution in [0.4, 0.5) is 15.8 Å². The van der Waals surface area contributed by atoms with Gasteiger partial charge in [-0.3, -0.25) is 4.72 Å². The topological polar surface area (TPSA) is 58.2 Å². The van der Waals surface area contributed by atoms with Crippen molar-refractivity contribution in [2.45, 2.75) is 23.3 Å². The third-order valence-electron chi connectivity index (χ3n) is 6.07. The zero-order valence-corrected chi connectivity index (χ0v) is 19.1. The lowest BCUT2D eigenvalue weighted by Crippen LogP contribution is -2.30. The maximum Gasteiger partial charge on any atom is 0.261 e. The quantitative estimate of drug-likeness (QED) is 0.398. The van der Waals surface area contributed by atoms with Gasteiger partial charge in [0.05, 0.1) is 16.6 Å². The van der Waals surface area contributed by atoms with Crippen LogP contribution in [0.3, 0.4) is 0 Å². The predicted octanol–water partition coefficient (Wildman–Crippen LogP) is 6.76. The van der Waals surface area contributed by atoms with Gasteiger partial charge in [-0.25, -0.2) is 12.8 Å². The summed E-state index contributed by atoms with van der Waals surface area (Å²) in [6.07, 6.45) is 5.01. The molecule has 0 spiro atoms. The van der Waals surface area contributed by atoms with E-state index in [0.29, 0.717) is 10.0 Å². The molecule has 2 aliphatic rings. The number of fused-ring (bicyclic) bond motifs is 3. The van der Waals surface area contributed by atoms with Crippen molar-refractivity contribution in [3.8, 4) is 0 Å². The van der Waals surface area contributed by atoms with Crippen molar-refractivity contribution in [1.29, 1.82) is 0 Å². The Balaban J connectivity index is 1.53. The van der Waals surface area contributed by atoms with Crippen molar-refractivity contribution in [2.75, 3.05) is 10.0 Å². The van der Waals surface area contributed by atoms with E-state index < -0.39 is 15.8 Å². The van der Waals surface area contributed by atoms with E-state index in [1.54, 1.807) is 18.2 Å². The van der Waals surface area contributed by atoms with Crippen LogP contribution in [0.25, 0.3) is 0 Å². The summed E-state index contributed by atoms with van der Waals surface area (Å²) in [5.41, 5.74) is 2.46. The lowest BCUT2D eigenvalue weighted by atomic mass is 9.77. The summed E-state index contributed by atoms with van der Waals surface area (Å²) in [4.78, 5) is 0.0783. The molecule has 1 aliphatic heterocycles. The molecule has 0 saturated heterocycles. The first kappa shape index (κ1) is 21.3. The molecule has 32 heavy (non-hydrogen) atoms. The fourth-order valence-corrected chi connectivity index (χ4v) is 6.32. The van der Waals surface area contributed by atoms with E-state index in [0.717, 1.165) is 23.2 Å². The zero-order valence-electron chi connectivity index (χ0n) is 16.7. The van der Waals surface area contributed by atoms with E-state index in [2.05, 4.69) is 22.2 Å². The van der Waals surface area contributed by atoms with E-state index >= 15 is 0 Å². The van der Waals surface area contributed by atoms with Crippen molar-refractivity contribution < 1.29 is 12.8 Å².